The van der Waals surface area contributed by atoms with E-state index in [0.717, 1.165) is 15.5 Å². The van der Waals surface area contributed by atoms with Crippen LogP contribution in [-0.2, 0) is 11.3 Å². The number of para-hydroxylation sites is 1. The number of hydrazone groups is 1. The number of hydrogen-bond donors (Lipinski definition) is 0. The van der Waals surface area contributed by atoms with Gasteiger partial charge in [0.05, 0.1) is 28.3 Å². The predicted molar refractivity (Wildman–Crippen MR) is 115 cm³/mol. The van der Waals surface area contributed by atoms with Gasteiger partial charge in [0.15, 0.2) is 0 Å². The number of amides is 1. The molecule has 1 amide bonds. The summed E-state index contributed by atoms with van der Waals surface area (Å²) in [5.74, 6) is -0.156. The van der Waals surface area contributed by atoms with E-state index in [2.05, 4.69) is 10.2 Å². The quantitative estimate of drug-likeness (QED) is 0.503. The number of fused-ring (bicyclic) bond motifs is 1. The van der Waals surface area contributed by atoms with Gasteiger partial charge in [-0.05, 0) is 35.0 Å². The molecule has 3 aromatic heterocycles. The first-order valence-electron chi connectivity index (χ1n) is 9.12. The zero-order valence-corrected chi connectivity index (χ0v) is 16.9. The zero-order valence-electron chi connectivity index (χ0n) is 15.3. The molecule has 1 aliphatic heterocycles. The number of nitrogens with zero attached hydrogens (tertiary/aromatic N) is 4. The van der Waals surface area contributed by atoms with Gasteiger partial charge in [0, 0.05) is 16.7 Å². The smallest absolute Gasteiger partial charge is 0.265 e. The maximum absolute atomic E-state index is 13.3. The van der Waals surface area contributed by atoms with Crippen molar-refractivity contribution in [1.82, 2.24) is 14.8 Å². The highest BCUT2D eigenvalue weighted by Gasteiger charge is 2.34. The third kappa shape index (κ3) is 3.30. The minimum absolute atomic E-state index is 0.0177. The van der Waals surface area contributed by atoms with Crippen LogP contribution in [0.5, 0.6) is 0 Å². The molecule has 144 valence electrons. The van der Waals surface area contributed by atoms with Crippen molar-refractivity contribution in [3.63, 3.8) is 0 Å². The van der Waals surface area contributed by atoms with E-state index in [0.29, 0.717) is 17.3 Å². The van der Waals surface area contributed by atoms with Gasteiger partial charge in [-0.1, -0.05) is 24.3 Å². The largest absolute Gasteiger partial charge is 0.287 e. The van der Waals surface area contributed by atoms with Gasteiger partial charge in [0.25, 0.3) is 5.91 Å². The lowest BCUT2D eigenvalue weighted by Crippen LogP contribution is -2.31. The second kappa shape index (κ2) is 7.38. The fourth-order valence-electron chi connectivity index (χ4n) is 3.52. The van der Waals surface area contributed by atoms with Crippen LogP contribution in [0.3, 0.4) is 0 Å². The molecule has 6 nitrogen and oxygen atoms in total. The molecule has 0 fully saturated rings. The molecule has 4 heterocycles. The topological polar surface area (TPSA) is 67.6 Å². The normalized spacial score (nSPS) is 16.3. The summed E-state index contributed by atoms with van der Waals surface area (Å²) in [5, 5.41) is 15.0. The van der Waals surface area contributed by atoms with Crippen molar-refractivity contribution in [3.8, 4) is 0 Å². The summed E-state index contributed by atoms with van der Waals surface area (Å²) in [5.41, 5.74) is 1.41. The number of thiophene rings is 2. The van der Waals surface area contributed by atoms with Gasteiger partial charge in [0.2, 0.25) is 5.43 Å². The molecular formula is C21H16N4O2S2. The van der Waals surface area contributed by atoms with Gasteiger partial charge in [-0.2, -0.15) is 10.2 Å². The Bertz CT molecular complexity index is 1260. The van der Waals surface area contributed by atoms with E-state index < -0.39 is 0 Å². The number of aromatic nitrogens is 2. The zero-order chi connectivity index (χ0) is 19.8. The molecule has 1 aromatic carbocycles. The van der Waals surface area contributed by atoms with Crippen molar-refractivity contribution in [2.75, 3.05) is 0 Å². The average Bonchev–Trinajstić information content (AvgIpc) is 3.50. The minimum Gasteiger partial charge on any atom is -0.287 e. The molecular weight excluding hydrogens is 404 g/mol. The first-order chi connectivity index (χ1) is 14.2. The van der Waals surface area contributed by atoms with Crippen LogP contribution < -0.4 is 5.43 Å². The molecule has 0 radical (unpaired) electrons. The van der Waals surface area contributed by atoms with Crippen molar-refractivity contribution < 1.29 is 4.79 Å². The van der Waals surface area contributed by atoms with E-state index in [4.69, 9.17) is 0 Å². The summed E-state index contributed by atoms with van der Waals surface area (Å²) >= 11 is 3.25. The van der Waals surface area contributed by atoms with Crippen LogP contribution in [0.15, 0.2) is 75.4 Å². The average molecular weight is 421 g/mol. The third-order valence-corrected chi connectivity index (χ3v) is 6.78. The molecule has 1 aliphatic rings. The number of hydrogen-bond acceptors (Lipinski definition) is 6. The van der Waals surface area contributed by atoms with E-state index in [1.54, 1.807) is 50.6 Å². The standard InChI is InChI=1S/C21H16N4O2S2/c26-18-12-22-24(16-6-2-1-5-14(16)18)13-21(27)25-17(20-8-4-10-29-20)11-15(23-25)19-7-3-9-28-19/h1-10,12,17H,11,13H2/t17-/m1/s1. The van der Waals surface area contributed by atoms with Crippen molar-refractivity contribution >= 4 is 45.2 Å². The fourth-order valence-corrected chi connectivity index (χ4v) is 5.05. The lowest BCUT2D eigenvalue weighted by Gasteiger charge is -2.21. The molecule has 0 spiro atoms. The van der Waals surface area contributed by atoms with Crippen LogP contribution in [0.2, 0.25) is 0 Å². The molecule has 0 bridgehead atoms. The fraction of sp³-hybridized carbons (Fsp3) is 0.143. The molecule has 0 N–H and O–H groups in total. The third-order valence-electron chi connectivity index (χ3n) is 4.89. The Morgan fingerprint density at radius 2 is 1.90 bits per heavy atom. The van der Waals surface area contributed by atoms with Gasteiger partial charge in [-0.25, -0.2) is 5.01 Å². The number of carbonyl (C=O) groups is 1. The molecule has 1 atom stereocenters. The van der Waals surface area contributed by atoms with E-state index in [9.17, 15) is 9.59 Å². The monoisotopic (exact) mass is 420 g/mol. The highest BCUT2D eigenvalue weighted by Crippen LogP contribution is 2.36. The number of rotatable bonds is 4. The van der Waals surface area contributed by atoms with Gasteiger partial charge < -0.3 is 0 Å². The van der Waals surface area contributed by atoms with Crippen LogP contribution in [0.1, 0.15) is 22.2 Å². The second-order valence-corrected chi connectivity index (χ2v) is 8.61. The summed E-state index contributed by atoms with van der Waals surface area (Å²) in [7, 11) is 0. The molecule has 5 rings (SSSR count). The lowest BCUT2D eigenvalue weighted by atomic mass is 10.1. The summed E-state index contributed by atoms with van der Waals surface area (Å²) in [4.78, 5) is 27.5. The molecule has 4 aromatic rings. The maximum Gasteiger partial charge on any atom is 0.265 e. The Kier molecular flexibility index (Phi) is 4.57. The molecule has 8 heteroatoms. The molecule has 0 unspecified atom stereocenters. The molecule has 0 saturated carbocycles. The molecule has 29 heavy (non-hydrogen) atoms. The highest BCUT2D eigenvalue weighted by atomic mass is 32.1. The van der Waals surface area contributed by atoms with Crippen LogP contribution in [0.4, 0.5) is 0 Å². The van der Waals surface area contributed by atoms with Gasteiger partial charge in [-0.3, -0.25) is 14.3 Å². The number of carbonyl (C=O) groups excluding carboxylic acids is 1. The van der Waals surface area contributed by atoms with Crippen LogP contribution in [0.25, 0.3) is 10.9 Å². The second-order valence-electron chi connectivity index (χ2n) is 6.68. The van der Waals surface area contributed by atoms with E-state index >= 15 is 0 Å². The lowest BCUT2D eigenvalue weighted by molar-refractivity contribution is -0.133. The summed E-state index contributed by atoms with van der Waals surface area (Å²) in [6.45, 7) is 0.0177. The first kappa shape index (κ1) is 18.0. The minimum atomic E-state index is -0.156. The van der Waals surface area contributed by atoms with Crippen molar-refractivity contribution in [1.29, 1.82) is 0 Å². The van der Waals surface area contributed by atoms with Gasteiger partial charge >= 0.3 is 0 Å². The van der Waals surface area contributed by atoms with E-state index in [-0.39, 0.29) is 23.9 Å². The van der Waals surface area contributed by atoms with Crippen LogP contribution in [-0.4, -0.2) is 26.4 Å². The Labute approximate surface area is 174 Å². The summed E-state index contributed by atoms with van der Waals surface area (Å²) in [6.07, 6.45) is 1.95. The Morgan fingerprint density at radius 3 is 2.69 bits per heavy atom. The maximum atomic E-state index is 13.3. The Morgan fingerprint density at radius 1 is 1.07 bits per heavy atom. The number of benzene rings is 1. The van der Waals surface area contributed by atoms with Crippen molar-refractivity contribution in [2.24, 2.45) is 5.10 Å². The first-order valence-corrected chi connectivity index (χ1v) is 10.9. The van der Waals surface area contributed by atoms with Crippen molar-refractivity contribution in [3.05, 3.63) is 85.5 Å². The summed E-state index contributed by atoms with van der Waals surface area (Å²) in [6, 6.07) is 15.1. The highest BCUT2D eigenvalue weighted by molar-refractivity contribution is 7.12. The Balaban J connectivity index is 1.50. The van der Waals surface area contributed by atoms with Gasteiger partial charge in [0.1, 0.15) is 6.54 Å². The Hall–Kier alpha value is -3.10. The predicted octanol–water partition coefficient (Wildman–Crippen LogP) is 3.90. The SMILES string of the molecule is O=C(Cn1ncc(=O)c2ccccc21)N1N=C(c2cccs2)C[C@@H]1c1cccs1. The summed E-state index contributed by atoms with van der Waals surface area (Å²) < 4.78 is 1.57. The van der Waals surface area contributed by atoms with Crippen LogP contribution >= 0.6 is 22.7 Å². The van der Waals surface area contributed by atoms with E-state index in [1.165, 1.54) is 6.20 Å². The molecule has 0 saturated heterocycles. The van der Waals surface area contributed by atoms with Crippen molar-refractivity contribution in [2.45, 2.75) is 19.0 Å². The van der Waals surface area contributed by atoms with Gasteiger partial charge in [-0.15, -0.1) is 22.7 Å². The van der Waals surface area contributed by atoms with Crippen LogP contribution in [0, 0.1) is 0 Å². The van der Waals surface area contributed by atoms with E-state index in [1.807, 2.05) is 41.1 Å². The molecule has 0 aliphatic carbocycles.